The van der Waals surface area contributed by atoms with Crippen LogP contribution >= 0.6 is 0 Å². The second kappa shape index (κ2) is 7.89. The first kappa shape index (κ1) is 21.2. The summed E-state index contributed by atoms with van der Waals surface area (Å²) in [5.74, 6) is 0.107. The van der Waals surface area contributed by atoms with Gasteiger partial charge in [-0.2, -0.15) is 15.5 Å². The number of nitrogens with two attached hydrogens (primary N) is 1. The van der Waals surface area contributed by atoms with E-state index in [-0.39, 0.29) is 11.5 Å². The number of halogens is 1. The second-order valence-electron chi connectivity index (χ2n) is 7.07. The summed E-state index contributed by atoms with van der Waals surface area (Å²) in [7, 11) is -4.25. The zero-order valence-corrected chi connectivity index (χ0v) is 17.6. The van der Waals surface area contributed by atoms with E-state index < -0.39 is 27.9 Å². The van der Waals surface area contributed by atoms with Crippen molar-refractivity contribution in [2.75, 3.05) is 4.90 Å². The molecule has 4 rings (SSSR count). The molecule has 0 amide bonds. The van der Waals surface area contributed by atoms with E-state index in [9.17, 15) is 18.1 Å². The van der Waals surface area contributed by atoms with Crippen LogP contribution in [0.2, 0.25) is 0 Å². The van der Waals surface area contributed by atoms with E-state index in [1.807, 2.05) is 6.07 Å². The molecule has 1 aromatic heterocycles. The third-order valence-corrected chi connectivity index (χ3v) is 5.77. The number of hydrogen-bond acceptors (Lipinski definition) is 7. The minimum absolute atomic E-state index is 0.107. The van der Waals surface area contributed by atoms with Gasteiger partial charge in [-0.3, -0.25) is 4.90 Å². The zero-order chi connectivity index (χ0) is 23.0. The Labute approximate surface area is 183 Å². The molecule has 3 aromatic rings. The first-order chi connectivity index (χ1) is 15.3. The van der Waals surface area contributed by atoms with E-state index in [1.165, 1.54) is 4.68 Å². The lowest BCUT2D eigenvalue weighted by Gasteiger charge is -2.34. The number of nitrogens with zero attached hydrogens (tertiary/aromatic N) is 6. The van der Waals surface area contributed by atoms with Crippen LogP contribution in [0.1, 0.15) is 29.7 Å². The Balaban J connectivity index is 2.00. The monoisotopic (exact) mass is 449 g/mol. The van der Waals surface area contributed by atoms with E-state index >= 15 is 0 Å². The molecule has 2 heterocycles. The van der Waals surface area contributed by atoms with Gasteiger partial charge in [-0.25, -0.2) is 22.6 Å². The summed E-state index contributed by atoms with van der Waals surface area (Å²) in [6.45, 7) is 0.991. The lowest BCUT2D eigenvalue weighted by molar-refractivity contribution is 0.485. The highest BCUT2D eigenvalue weighted by atomic mass is 32.2. The Kier molecular flexibility index (Phi) is 5.22. The van der Waals surface area contributed by atoms with Crippen molar-refractivity contribution in [2.45, 2.75) is 24.8 Å². The molecule has 0 fully saturated rings. The standard InChI is InChI=1S/C21H16FN7O2S/c1-13-18(12-24)19(16-7-5-14(11-23)6-8-16)29-21(26-20(27-29)32(25,30)31)28(13)17-4-2-3-15(9-17)10-22/h2-9,19H,10H2,1H3,(H2,25,30,31)/t19-/m1/s1. The number of alkyl halides is 1. The number of hydrogen-bond donors (Lipinski definition) is 1. The highest BCUT2D eigenvalue weighted by Crippen LogP contribution is 2.42. The first-order valence-corrected chi connectivity index (χ1v) is 10.9. The van der Waals surface area contributed by atoms with Crippen LogP contribution in [0.5, 0.6) is 0 Å². The summed E-state index contributed by atoms with van der Waals surface area (Å²) >= 11 is 0. The fourth-order valence-corrected chi connectivity index (χ4v) is 4.02. The summed E-state index contributed by atoms with van der Waals surface area (Å²) in [5, 5.41) is 27.8. The first-order valence-electron chi connectivity index (χ1n) is 9.33. The van der Waals surface area contributed by atoms with Crippen LogP contribution in [0.4, 0.5) is 16.0 Å². The number of aromatic nitrogens is 3. The summed E-state index contributed by atoms with van der Waals surface area (Å²) in [6, 6.07) is 16.4. The van der Waals surface area contributed by atoms with E-state index in [2.05, 4.69) is 16.2 Å². The number of allylic oxidation sites excluding steroid dienone is 2. The normalized spacial score (nSPS) is 15.8. The van der Waals surface area contributed by atoms with E-state index in [1.54, 1.807) is 60.4 Å². The summed E-state index contributed by atoms with van der Waals surface area (Å²) in [6.07, 6.45) is 0. The van der Waals surface area contributed by atoms with E-state index in [0.29, 0.717) is 28.1 Å². The van der Waals surface area contributed by atoms with Crippen LogP contribution < -0.4 is 10.0 Å². The second-order valence-corrected chi connectivity index (χ2v) is 8.53. The van der Waals surface area contributed by atoms with Crippen LogP contribution in [0, 0.1) is 22.7 Å². The number of benzene rings is 2. The van der Waals surface area contributed by atoms with Crippen molar-refractivity contribution in [3.8, 4) is 12.1 Å². The third kappa shape index (κ3) is 3.50. The Morgan fingerprint density at radius 2 is 1.88 bits per heavy atom. The van der Waals surface area contributed by atoms with Crippen molar-refractivity contribution < 1.29 is 12.8 Å². The molecular formula is C21H16FN7O2S. The maximum Gasteiger partial charge on any atom is 0.283 e. The van der Waals surface area contributed by atoms with Gasteiger partial charge in [0.2, 0.25) is 5.95 Å². The molecule has 2 N–H and O–H groups in total. The molecule has 0 unspecified atom stereocenters. The zero-order valence-electron chi connectivity index (χ0n) is 16.8. The van der Waals surface area contributed by atoms with Gasteiger partial charge in [-0.15, -0.1) is 5.10 Å². The van der Waals surface area contributed by atoms with Crippen LogP contribution in [0.15, 0.2) is 65.0 Å². The molecule has 1 atom stereocenters. The van der Waals surface area contributed by atoms with Gasteiger partial charge in [0.25, 0.3) is 15.2 Å². The summed E-state index contributed by atoms with van der Waals surface area (Å²) in [4.78, 5) is 5.68. The van der Waals surface area contributed by atoms with E-state index in [4.69, 9.17) is 10.4 Å². The lowest BCUT2D eigenvalue weighted by atomic mass is 9.95. The largest absolute Gasteiger partial charge is 0.283 e. The highest BCUT2D eigenvalue weighted by Gasteiger charge is 2.37. The van der Waals surface area contributed by atoms with Gasteiger partial charge in [0.05, 0.1) is 23.3 Å². The van der Waals surface area contributed by atoms with Gasteiger partial charge in [0, 0.05) is 11.4 Å². The highest BCUT2D eigenvalue weighted by molar-refractivity contribution is 7.89. The quantitative estimate of drug-likeness (QED) is 0.645. The van der Waals surface area contributed by atoms with E-state index in [0.717, 1.165) is 0 Å². The number of sulfonamides is 1. The molecule has 9 nitrogen and oxygen atoms in total. The number of nitriles is 2. The number of rotatable bonds is 4. The number of anilines is 2. The minimum Gasteiger partial charge on any atom is -0.282 e. The van der Waals surface area contributed by atoms with Gasteiger partial charge in [0.1, 0.15) is 12.7 Å². The predicted molar refractivity (Wildman–Crippen MR) is 112 cm³/mol. The molecule has 0 aliphatic carbocycles. The molecule has 1 aliphatic heterocycles. The maximum atomic E-state index is 13.3. The summed E-state index contributed by atoms with van der Waals surface area (Å²) < 4.78 is 38.6. The van der Waals surface area contributed by atoms with Crippen molar-refractivity contribution in [1.82, 2.24) is 14.8 Å². The van der Waals surface area contributed by atoms with Gasteiger partial charge in [-0.05, 0) is 42.3 Å². The molecule has 0 bridgehead atoms. The SMILES string of the molecule is CC1=C(C#N)[C@@H](c2ccc(C#N)cc2)n2nc(S(N)(=O)=O)nc2N1c1cccc(CF)c1. The van der Waals surface area contributed by atoms with Crippen LogP contribution in [0.25, 0.3) is 0 Å². The van der Waals surface area contributed by atoms with Crippen molar-refractivity contribution in [3.63, 3.8) is 0 Å². The Hall–Kier alpha value is -4.06. The predicted octanol–water partition coefficient (Wildman–Crippen LogP) is 2.81. The lowest BCUT2D eigenvalue weighted by Crippen LogP contribution is -2.31. The third-order valence-electron chi connectivity index (χ3n) is 5.09. The molecule has 32 heavy (non-hydrogen) atoms. The number of primary sulfonamides is 1. The average Bonchev–Trinajstić information content (AvgIpc) is 3.23. The maximum absolute atomic E-state index is 13.3. The van der Waals surface area contributed by atoms with Crippen LogP contribution in [0.3, 0.4) is 0 Å². The molecule has 1 aliphatic rings. The van der Waals surface area contributed by atoms with Crippen molar-refractivity contribution in [2.24, 2.45) is 5.14 Å². The Morgan fingerprint density at radius 3 is 2.47 bits per heavy atom. The van der Waals surface area contributed by atoms with Gasteiger partial charge in [-0.1, -0.05) is 24.3 Å². The van der Waals surface area contributed by atoms with Crippen molar-refractivity contribution >= 4 is 21.7 Å². The molecule has 0 saturated heterocycles. The molecule has 2 aromatic carbocycles. The topological polar surface area (TPSA) is 142 Å². The molecule has 11 heteroatoms. The van der Waals surface area contributed by atoms with Crippen molar-refractivity contribution in [1.29, 1.82) is 10.5 Å². The number of fused-ring (bicyclic) bond motifs is 1. The Morgan fingerprint density at radius 1 is 1.16 bits per heavy atom. The van der Waals surface area contributed by atoms with Gasteiger partial charge in [0.15, 0.2) is 0 Å². The van der Waals surface area contributed by atoms with Gasteiger partial charge < -0.3 is 0 Å². The molecule has 0 spiro atoms. The Bertz CT molecular complexity index is 1430. The molecule has 160 valence electrons. The van der Waals surface area contributed by atoms with Crippen LogP contribution in [-0.4, -0.2) is 23.2 Å². The minimum atomic E-state index is -4.25. The fraction of sp³-hybridized carbons (Fsp3) is 0.143. The molecule has 0 radical (unpaired) electrons. The molecular weight excluding hydrogens is 433 g/mol. The average molecular weight is 449 g/mol. The van der Waals surface area contributed by atoms with Crippen molar-refractivity contribution in [3.05, 3.63) is 76.5 Å². The van der Waals surface area contributed by atoms with Crippen LogP contribution in [-0.2, 0) is 16.7 Å². The smallest absolute Gasteiger partial charge is 0.282 e. The fourth-order valence-electron chi connectivity index (χ4n) is 3.61. The molecule has 0 saturated carbocycles. The van der Waals surface area contributed by atoms with Gasteiger partial charge >= 0.3 is 0 Å². The summed E-state index contributed by atoms with van der Waals surface area (Å²) in [5.41, 5.74) is 2.66.